The Labute approximate surface area is 114 Å². The van der Waals surface area contributed by atoms with E-state index in [1.807, 2.05) is 30.5 Å². The highest BCUT2D eigenvalue weighted by Crippen LogP contribution is 2.35. The fraction of sp³-hybridized carbons (Fsp3) is 0. The van der Waals surface area contributed by atoms with Crippen molar-refractivity contribution in [2.24, 2.45) is 0 Å². The Bertz CT molecular complexity index is 747. The first kappa shape index (κ1) is 11.4. The Morgan fingerprint density at radius 1 is 1.39 bits per heavy atom. The van der Waals surface area contributed by atoms with E-state index in [-0.39, 0.29) is 4.88 Å². The number of aromatic nitrogens is 2. The third-order valence-corrected chi connectivity index (χ3v) is 4.51. The molecular formula is C12H7BrN2O2S. The second kappa shape index (κ2) is 4.22. The zero-order valence-electron chi connectivity index (χ0n) is 8.98. The summed E-state index contributed by atoms with van der Waals surface area (Å²) in [7, 11) is 0. The standard InChI is InChI=1S/C12H7BrN2O2S/c13-10-9(12(16)17)18-11(15-10)7-5-14-8-4-2-1-3-6(7)8/h1-5,14H,(H,16,17). The van der Waals surface area contributed by atoms with Crippen molar-refractivity contribution in [2.75, 3.05) is 0 Å². The molecule has 0 atom stereocenters. The lowest BCUT2D eigenvalue weighted by molar-refractivity contribution is 0.0701. The number of carboxylic acids is 1. The summed E-state index contributed by atoms with van der Waals surface area (Å²) in [6.07, 6.45) is 1.85. The van der Waals surface area contributed by atoms with Crippen LogP contribution in [0.2, 0.25) is 0 Å². The van der Waals surface area contributed by atoms with Crippen LogP contribution in [0.3, 0.4) is 0 Å². The Balaban J connectivity index is 2.20. The van der Waals surface area contributed by atoms with E-state index >= 15 is 0 Å². The normalized spacial score (nSPS) is 10.9. The van der Waals surface area contributed by atoms with Crippen LogP contribution in [0.1, 0.15) is 9.67 Å². The van der Waals surface area contributed by atoms with Crippen LogP contribution in [0.15, 0.2) is 35.1 Å². The van der Waals surface area contributed by atoms with Crippen molar-refractivity contribution in [3.8, 4) is 10.6 Å². The fourth-order valence-corrected chi connectivity index (χ4v) is 3.33. The number of hydrogen-bond donors (Lipinski definition) is 2. The van der Waals surface area contributed by atoms with Gasteiger partial charge in [-0.05, 0) is 22.0 Å². The van der Waals surface area contributed by atoms with E-state index < -0.39 is 5.97 Å². The molecule has 18 heavy (non-hydrogen) atoms. The molecule has 90 valence electrons. The third kappa shape index (κ3) is 1.74. The van der Waals surface area contributed by atoms with Gasteiger partial charge in [-0.2, -0.15) is 0 Å². The van der Waals surface area contributed by atoms with Crippen molar-refractivity contribution in [3.05, 3.63) is 39.9 Å². The van der Waals surface area contributed by atoms with E-state index in [2.05, 4.69) is 25.9 Å². The van der Waals surface area contributed by atoms with Gasteiger partial charge in [0.05, 0.1) is 0 Å². The van der Waals surface area contributed by atoms with Crippen LogP contribution < -0.4 is 0 Å². The number of H-pyrrole nitrogens is 1. The van der Waals surface area contributed by atoms with Crippen LogP contribution in [0.4, 0.5) is 0 Å². The van der Waals surface area contributed by atoms with Crippen molar-refractivity contribution in [1.29, 1.82) is 0 Å². The number of thiazole rings is 1. The molecule has 0 fully saturated rings. The van der Waals surface area contributed by atoms with Crippen molar-refractivity contribution < 1.29 is 9.90 Å². The molecule has 0 amide bonds. The van der Waals surface area contributed by atoms with Crippen LogP contribution in [0, 0.1) is 0 Å². The number of fused-ring (bicyclic) bond motifs is 1. The van der Waals surface area contributed by atoms with Gasteiger partial charge in [0, 0.05) is 22.7 Å². The average Bonchev–Trinajstić information content (AvgIpc) is 2.92. The molecular weight excluding hydrogens is 316 g/mol. The number of carbonyl (C=O) groups is 1. The zero-order valence-corrected chi connectivity index (χ0v) is 11.4. The molecule has 2 aromatic heterocycles. The number of nitrogens with one attached hydrogen (secondary N) is 1. The lowest BCUT2D eigenvalue weighted by atomic mass is 10.2. The van der Waals surface area contributed by atoms with Crippen LogP contribution in [0.5, 0.6) is 0 Å². The zero-order chi connectivity index (χ0) is 12.7. The molecule has 3 rings (SSSR count). The maximum atomic E-state index is 11.0. The maximum absolute atomic E-state index is 11.0. The summed E-state index contributed by atoms with van der Waals surface area (Å²) in [5.74, 6) is -0.967. The fourth-order valence-electron chi connectivity index (χ4n) is 1.80. The number of para-hydroxylation sites is 1. The molecule has 4 nitrogen and oxygen atoms in total. The van der Waals surface area contributed by atoms with Crippen LogP contribution >= 0.6 is 27.3 Å². The van der Waals surface area contributed by atoms with Gasteiger partial charge in [0.25, 0.3) is 0 Å². The van der Waals surface area contributed by atoms with Gasteiger partial charge in [-0.1, -0.05) is 18.2 Å². The first-order valence-electron chi connectivity index (χ1n) is 5.13. The number of benzene rings is 1. The lowest BCUT2D eigenvalue weighted by Gasteiger charge is -1.92. The molecule has 0 radical (unpaired) electrons. The van der Waals surface area contributed by atoms with E-state index in [1.165, 1.54) is 0 Å². The molecule has 3 aromatic rings. The number of aromatic amines is 1. The molecule has 2 N–H and O–H groups in total. The first-order valence-corrected chi connectivity index (χ1v) is 6.74. The summed E-state index contributed by atoms with van der Waals surface area (Å²) in [5.41, 5.74) is 1.93. The van der Waals surface area contributed by atoms with E-state index in [9.17, 15) is 4.79 Å². The number of rotatable bonds is 2. The summed E-state index contributed by atoms with van der Waals surface area (Å²) >= 11 is 4.34. The van der Waals surface area contributed by atoms with Gasteiger partial charge in [0.1, 0.15) is 14.5 Å². The average molecular weight is 323 g/mol. The SMILES string of the molecule is O=C(O)c1sc(-c2c[nH]c3ccccc23)nc1Br. The van der Waals surface area contributed by atoms with E-state index in [1.54, 1.807) is 0 Å². The number of nitrogens with zero attached hydrogens (tertiary/aromatic N) is 1. The Morgan fingerprint density at radius 2 is 2.17 bits per heavy atom. The highest BCUT2D eigenvalue weighted by Gasteiger charge is 2.17. The first-order chi connectivity index (χ1) is 8.66. The summed E-state index contributed by atoms with van der Waals surface area (Å²) in [4.78, 5) is 18.6. The minimum Gasteiger partial charge on any atom is -0.477 e. The molecule has 0 spiro atoms. The van der Waals surface area contributed by atoms with Gasteiger partial charge in [0.15, 0.2) is 0 Å². The van der Waals surface area contributed by atoms with Crippen LogP contribution in [-0.4, -0.2) is 21.0 Å². The van der Waals surface area contributed by atoms with E-state index in [0.29, 0.717) is 9.61 Å². The van der Waals surface area contributed by atoms with Gasteiger partial charge in [0.2, 0.25) is 0 Å². The Morgan fingerprint density at radius 3 is 2.89 bits per heavy atom. The molecule has 1 aromatic carbocycles. The van der Waals surface area contributed by atoms with E-state index in [4.69, 9.17) is 5.11 Å². The molecule has 2 heterocycles. The smallest absolute Gasteiger partial charge is 0.348 e. The highest BCUT2D eigenvalue weighted by molar-refractivity contribution is 9.10. The van der Waals surface area contributed by atoms with Crippen molar-refractivity contribution in [2.45, 2.75) is 0 Å². The van der Waals surface area contributed by atoms with Gasteiger partial charge in [-0.15, -0.1) is 11.3 Å². The number of halogens is 1. The summed E-state index contributed by atoms with van der Waals surface area (Å²) in [6, 6.07) is 7.85. The number of hydrogen-bond acceptors (Lipinski definition) is 3. The second-order valence-electron chi connectivity index (χ2n) is 3.69. The molecule has 0 aliphatic heterocycles. The minimum atomic E-state index is -0.967. The van der Waals surface area contributed by atoms with Crippen LogP contribution in [0.25, 0.3) is 21.5 Å². The predicted molar refractivity (Wildman–Crippen MR) is 74.1 cm³/mol. The third-order valence-electron chi connectivity index (χ3n) is 2.60. The predicted octanol–water partition coefficient (Wildman–Crippen LogP) is 3.75. The molecule has 0 aliphatic carbocycles. The second-order valence-corrected chi connectivity index (χ2v) is 5.44. The largest absolute Gasteiger partial charge is 0.477 e. The van der Waals surface area contributed by atoms with E-state index in [0.717, 1.165) is 27.8 Å². The molecule has 0 bridgehead atoms. The summed E-state index contributed by atoms with van der Waals surface area (Å²) < 4.78 is 0.375. The maximum Gasteiger partial charge on any atom is 0.348 e. The lowest BCUT2D eigenvalue weighted by Crippen LogP contribution is -1.91. The van der Waals surface area contributed by atoms with Crippen molar-refractivity contribution >= 4 is 44.1 Å². The molecule has 0 unspecified atom stereocenters. The summed E-state index contributed by atoms with van der Waals surface area (Å²) in [6.45, 7) is 0. The van der Waals surface area contributed by atoms with Crippen molar-refractivity contribution in [3.63, 3.8) is 0 Å². The molecule has 0 saturated heterocycles. The monoisotopic (exact) mass is 322 g/mol. The highest BCUT2D eigenvalue weighted by atomic mass is 79.9. The number of carboxylic acid groups (broad SMARTS) is 1. The minimum absolute atomic E-state index is 0.218. The topological polar surface area (TPSA) is 66.0 Å². The van der Waals surface area contributed by atoms with Crippen molar-refractivity contribution in [1.82, 2.24) is 9.97 Å². The quantitative estimate of drug-likeness (QED) is 0.755. The molecule has 0 aliphatic rings. The number of aromatic carboxylic acids is 1. The Kier molecular flexibility index (Phi) is 2.68. The van der Waals surface area contributed by atoms with Gasteiger partial charge < -0.3 is 10.1 Å². The van der Waals surface area contributed by atoms with Gasteiger partial charge in [-0.25, -0.2) is 9.78 Å². The van der Waals surface area contributed by atoms with Gasteiger partial charge in [-0.3, -0.25) is 0 Å². The van der Waals surface area contributed by atoms with Gasteiger partial charge >= 0.3 is 5.97 Å². The molecule has 0 saturated carbocycles. The summed E-state index contributed by atoms with van der Waals surface area (Å²) in [5, 5.41) is 10.8. The van der Waals surface area contributed by atoms with Crippen LogP contribution in [-0.2, 0) is 0 Å². The Hall–Kier alpha value is -1.66. The molecule has 6 heteroatoms.